The first-order valence-electron chi connectivity index (χ1n) is 4.22. The highest BCUT2D eigenvalue weighted by Gasteiger charge is 2.24. The molecule has 0 aliphatic heterocycles. The molecule has 0 saturated heterocycles. The number of methoxy groups -OCH3 is 1. The molecule has 2 nitrogen and oxygen atoms in total. The van der Waals surface area contributed by atoms with E-state index in [0.29, 0.717) is 5.92 Å². The summed E-state index contributed by atoms with van der Waals surface area (Å²) in [5.74, 6) is 1.54. The standard InChI is InChI=1S/C10H13NO/c1-12-9-2-3-10-7(5-9)4-8(10)6-11/h2-3,5,8H,4,6,11H2,1H3. The van der Waals surface area contributed by atoms with E-state index < -0.39 is 0 Å². The Morgan fingerprint density at radius 3 is 3.00 bits per heavy atom. The maximum Gasteiger partial charge on any atom is 0.119 e. The van der Waals surface area contributed by atoms with Gasteiger partial charge < -0.3 is 10.5 Å². The average Bonchev–Trinajstić information content (AvgIpc) is 2.07. The molecule has 1 atom stereocenters. The lowest BCUT2D eigenvalue weighted by Gasteiger charge is -2.29. The van der Waals surface area contributed by atoms with Gasteiger partial charge in [-0.3, -0.25) is 0 Å². The van der Waals surface area contributed by atoms with E-state index in [1.807, 2.05) is 6.07 Å². The van der Waals surface area contributed by atoms with Crippen molar-refractivity contribution >= 4 is 0 Å². The van der Waals surface area contributed by atoms with E-state index in [1.165, 1.54) is 11.1 Å². The quantitative estimate of drug-likeness (QED) is 0.713. The second kappa shape index (κ2) is 2.79. The zero-order valence-electron chi connectivity index (χ0n) is 7.21. The first-order chi connectivity index (χ1) is 5.85. The van der Waals surface area contributed by atoms with E-state index in [-0.39, 0.29) is 0 Å². The molecule has 64 valence electrons. The molecule has 0 amide bonds. The number of fused-ring (bicyclic) bond motifs is 1. The predicted molar refractivity (Wildman–Crippen MR) is 48.5 cm³/mol. The van der Waals surface area contributed by atoms with Crippen LogP contribution in [-0.2, 0) is 6.42 Å². The number of benzene rings is 1. The summed E-state index contributed by atoms with van der Waals surface area (Å²) < 4.78 is 5.12. The second-order valence-electron chi connectivity index (χ2n) is 3.20. The van der Waals surface area contributed by atoms with Gasteiger partial charge in [0.25, 0.3) is 0 Å². The molecule has 0 spiro atoms. The number of ether oxygens (including phenoxy) is 1. The number of hydrogen-bond acceptors (Lipinski definition) is 2. The van der Waals surface area contributed by atoms with Gasteiger partial charge in [0.15, 0.2) is 0 Å². The minimum absolute atomic E-state index is 0.589. The van der Waals surface area contributed by atoms with Gasteiger partial charge in [-0.05, 0) is 36.2 Å². The van der Waals surface area contributed by atoms with Gasteiger partial charge in [0, 0.05) is 5.92 Å². The Morgan fingerprint density at radius 2 is 2.42 bits per heavy atom. The number of hydrogen-bond donors (Lipinski definition) is 1. The summed E-state index contributed by atoms with van der Waals surface area (Å²) in [6.45, 7) is 0.763. The molecule has 0 aromatic heterocycles. The molecule has 0 bridgehead atoms. The maximum atomic E-state index is 5.59. The van der Waals surface area contributed by atoms with E-state index in [4.69, 9.17) is 10.5 Å². The first kappa shape index (κ1) is 7.62. The minimum Gasteiger partial charge on any atom is -0.497 e. The molecule has 1 aliphatic carbocycles. The molecular formula is C10H13NO. The van der Waals surface area contributed by atoms with Gasteiger partial charge >= 0.3 is 0 Å². The zero-order chi connectivity index (χ0) is 8.55. The van der Waals surface area contributed by atoms with Crippen LogP contribution < -0.4 is 10.5 Å². The van der Waals surface area contributed by atoms with E-state index >= 15 is 0 Å². The summed E-state index contributed by atoms with van der Waals surface area (Å²) in [7, 11) is 1.70. The summed E-state index contributed by atoms with van der Waals surface area (Å²) in [5, 5.41) is 0. The summed E-state index contributed by atoms with van der Waals surface area (Å²) >= 11 is 0. The largest absolute Gasteiger partial charge is 0.497 e. The fourth-order valence-electron chi connectivity index (χ4n) is 1.74. The maximum absolute atomic E-state index is 5.59. The highest BCUT2D eigenvalue weighted by atomic mass is 16.5. The van der Waals surface area contributed by atoms with Crippen LogP contribution in [-0.4, -0.2) is 13.7 Å². The average molecular weight is 163 g/mol. The molecular weight excluding hydrogens is 150 g/mol. The molecule has 1 aromatic carbocycles. The van der Waals surface area contributed by atoms with Crippen molar-refractivity contribution in [2.45, 2.75) is 12.3 Å². The molecule has 2 N–H and O–H groups in total. The normalized spacial score (nSPS) is 19.7. The monoisotopic (exact) mass is 163 g/mol. The van der Waals surface area contributed by atoms with Crippen molar-refractivity contribution in [3.63, 3.8) is 0 Å². The van der Waals surface area contributed by atoms with Gasteiger partial charge in [-0.15, -0.1) is 0 Å². The zero-order valence-corrected chi connectivity index (χ0v) is 7.21. The predicted octanol–water partition coefficient (Wildman–Crippen LogP) is 1.29. The van der Waals surface area contributed by atoms with Gasteiger partial charge in [0.2, 0.25) is 0 Å². The van der Waals surface area contributed by atoms with Crippen LogP contribution in [0.5, 0.6) is 5.75 Å². The molecule has 0 saturated carbocycles. The lowest BCUT2D eigenvalue weighted by molar-refractivity contribution is 0.412. The van der Waals surface area contributed by atoms with E-state index in [0.717, 1.165) is 18.7 Å². The Hall–Kier alpha value is -1.02. The first-order valence-corrected chi connectivity index (χ1v) is 4.22. The summed E-state index contributed by atoms with van der Waals surface area (Å²) in [6.07, 6.45) is 1.11. The molecule has 0 radical (unpaired) electrons. The van der Waals surface area contributed by atoms with Crippen LogP contribution in [0.15, 0.2) is 18.2 Å². The third kappa shape index (κ3) is 0.994. The lowest BCUT2D eigenvalue weighted by atomic mass is 9.77. The molecule has 1 aliphatic rings. The second-order valence-corrected chi connectivity index (χ2v) is 3.20. The fraction of sp³-hybridized carbons (Fsp3) is 0.400. The fourth-order valence-corrected chi connectivity index (χ4v) is 1.74. The van der Waals surface area contributed by atoms with Gasteiger partial charge in [-0.2, -0.15) is 0 Å². The van der Waals surface area contributed by atoms with Crippen LogP contribution in [0, 0.1) is 0 Å². The van der Waals surface area contributed by atoms with Gasteiger partial charge in [-0.1, -0.05) is 6.07 Å². The summed E-state index contributed by atoms with van der Waals surface area (Å²) in [5.41, 5.74) is 8.38. The summed E-state index contributed by atoms with van der Waals surface area (Å²) in [4.78, 5) is 0. The number of rotatable bonds is 2. The third-order valence-electron chi connectivity index (χ3n) is 2.54. The van der Waals surface area contributed by atoms with Crippen LogP contribution in [0.2, 0.25) is 0 Å². The SMILES string of the molecule is COc1ccc2c(c1)CC2CN. The minimum atomic E-state index is 0.589. The Labute approximate surface area is 72.3 Å². The molecule has 0 heterocycles. The van der Waals surface area contributed by atoms with Crippen LogP contribution >= 0.6 is 0 Å². The lowest BCUT2D eigenvalue weighted by Crippen LogP contribution is -2.24. The van der Waals surface area contributed by atoms with E-state index in [1.54, 1.807) is 7.11 Å². The molecule has 1 aromatic rings. The highest BCUT2D eigenvalue weighted by Crippen LogP contribution is 2.36. The van der Waals surface area contributed by atoms with Crippen LogP contribution in [0.3, 0.4) is 0 Å². The topological polar surface area (TPSA) is 35.2 Å². The molecule has 2 heteroatoms. The van der Waals surface area contributed by atoms with Crippen molar-refractivity contribution < 1.29 is 4.74 Å². The van der Waals surface area contributed by atoms with Gasteiger partial charge in [0.05, 0.1) is 7.11 Å². The Morgan fingerprint density at radius 1 is 1.58 bits per heavy atom. The smallest absolute Gasteiger partial charge is 0.119 e. The molecule has 1 unspecified atom stereocenters. The van der Waals surface area contributed by atoms with Gasteiger partial charge in [-0.25, -0.2) is 0 Å². The molecule has 2 rings (SSSR count). The van der Waals surface area contributed by atoms with Crippen molar-refractivity contribution in [3.05, 3.63) is 29.3 Å². The Balaban J connectivity index is 2.28. The Kier molecular flexibility index (Phi) is 1.77. The van der Waals surface area contributed by atoms with Crippen LogP contribution in [0.4, 0.5) is 0 Å². The van der Waals surface area contributed by atoms with E-state index in [9.17, 15) is 0 Å². The van der Waals surface area contributed by atoms with Crippen molar-refractivity contribution in [1.82, 2.24) is 0 Å². The van der Waals surface area contributed by atoms with Crippen molar-refractivity contribution in [2.24, 2.45) is 5.73 Å². The van der Waals surface area contributed by atoms with Crippen molar-refractivity contribution in [2.75, 3.05) is 13.7 Å². The van der Waals surface area contributed by atoms with E-state index in [2.05, 4.69) is 12.1 Å². The van der Waals surface area contributed by atoms with Crippen LogP contribution in [0.1, 0.15) is 17.0 Å². The highest BCUT2D eigenvalue weighted by molar-refractivity contribution is 5.45. The summed E-state index contributed by atoms with van der Waals surface area (Å²) in [6, 6.07) is 6.22. The van der Waals surface area contributed by atoms with Crippen LogP contribution in [0.25, 0.3) is 0 Å². The third-order valence-corrected chi connectivity index (χ3v) is 2.54. The Bertz CT molecular complexity index is 296. The van der Waals surface area contributed by atoms with Gasteiger partial charge in [0.1, 0.15) is 5.75 Å². The molecule has 0 fully saturated rings. The number of nitrogens with two attached hydrogens (primary N) is 1. The van der Waals surface area contributed by atoms with Crippen molar-refractivity contribution in [1.29, 1.82) is 0 Å². The van der Waals surface area contributed by atoms with Crippen molar-refractivity contribution in [3.8, 4) is 5.75 Å². The molecule has 12 heavy (non-hydrogen) atoms.